The van der Waals surface area contributed by atoms with Crippen LogP contribution < -0.4 is 0 Å². The Hall–Kier alpha value is -0.210. The molecule has 3 heteroatoms. The van der Waals surface area contributed by atoms with Crippen molar-refractivity contribution in [2.75, 3.05) is 0 Å². The van der Waals surface area contributed by atoms with E-state index in [4.69, 9.17) is 0 Å². The normalized spacial score (nSPS) is 49.2. The van der Waals surface area contributed by atoms with Gasteiger partial charge in [-0.1, -0.05) is 6.92 Å². The van der Waals surface area contributed by atoms with E-state index in [9.17, 15) is 13.2 Å². The van der Waals surface area contributed by atoms with Gasteiger partial charge in [0.25, 0.3) is 0 Å². The van der Waals surface area contributed by atoms with Crippen molar-refractivity contribution in [3.8, 4) is 0 Å². The van der Waals surface area contributed by atoms with E-state index in [1.165, 1.54) is 0 Å². The molecule has 0 spiro atoms. The van der Waals surface area contributed by atoms with Crippen molar-refractivity contribution in [3.63, 3.8) is 0 Å². The van der Waals surface area contributed by atoms with E-state index in [1.54, 1.807) is 6.92 Å². The Kier molecular flexibility index (Phi) is 2.21. The van der Waals surface area contributed by atoms with Crippen molar-refractivity contribution in [1.82, 2.24) is 0 Å². The highest BCUT2D eigenvalue weighted by atomic mass is 19.2. The maximum atomic E-state index is 12.5. The first-order valence-electron chi connectivity index (χ1n) is 3.53. The second-order valence-electron chi connectivity index (χ2n) is 3.05. The third-order valence-corrected chi connectivity index (χ3v) is 1.95. The monoisotopic (exact) mass is 152 g/mol. The fourth-order valence-corrected chi connectivity index (χ4v) is 1.35. The molecule has 60 valence electrons. The van der Waals surface area contributed by atoms with Crippen LogP contribution in [0.5, 0.6) is 0 Å². The Balaban J connectivity index is 2.49. The van der Waals surface area contributed by atoms with Crippen molar-refractivity contribution in [2.45, 2.75) is 38.3 Å². The highest BCUT2D eigenvalue weighted by Crippen LogP contribution is 2.30. The molecular formula is C7H11F3. The predicted molar refractivity (Wildman–Crippen MR) is 33.1 cm³/mol. The number of halogens is 3. The fourth-order valence-electron chi connectivity index (χ4n) is 1.35. The van der Waals surface area contributed by atoms with E-state index in [0.29, 0.717) is 0 Å². The summed E-state index contributed by atoms with van der Waals surface area (Å²) in [5, 5.41) is 0. The lowest BCUT2D eigenvalue weighted by Crippen LogP contribution is -2.36. The standard InChI is InChI=1S/C7H11F3/c1-4-2-5(8)7(10)6(9)3-4/h4-7H,2-3H2,1H3. The molecule has 0 amide bonds. The molecule has 1 aliphatic carbocycles. The molecule has 1 rings (SSSR count). The summed E-state index contributed by atoms with van der Waals surface area (Å²) in [6, 6.07) is 0. The summed E-state index contributed by atoms with van der Waals surface area (Å²) in [4.78, 5) is 0. The van der Waals surface area contributed by atoms with Crippen LogP contribution in [0.2, 0.25) is 0 Å². The molecule has 2 atom stereocenters. The Morgan fingerprint density at radius 2 is 1.40 bits per heavy atom. The first-order chi connectivity index (χ1) is 4.61. The van der Waals surface area contributed by atoms with Crippen molar-refractivity contribution in [3.05, 3.63) is 0 Å². The molecule has 1 aliphatic rings. The van der Waals surface area contributed by atoms with Gasteiger partial charge in [0.1, 0.15) is 12.3 Å². The van der Waals surface area contributed by atoms with Gasteiger partial charge in [0, 0.05) is 0 Å². The molecule has 0 radical (unpaired) electrons. The molecule has 0 bridgehead atoms. The Labute approximate surface area is 58.4 Å². The van der Waals surface area contributed by atoms with Gasteiger partial charge in [0.05, 0.1) is 0 Å². The van der Waals surface area contributed by atoms with Crippen LogP contribution in [0.4, 0.5) is 13.2 Å². The number of alkyl halides is 3. The van der Waals surface area contributed by atoms with Crippen LogP contribution in [0.25, 0.3) is 0 Å². The third-order valence-electron chi connectivity index (χ3n) is 1.95. The highest BCUT2D eigenvalue weighted by molar-refractivity contribution is 4.84. The molecule has 0 saturated heterocycles. The molecule has 1 saturated carbocycles. The summed E-state index contributed by atoms with van der Waals surface area (Å²) in [6.07, 6.45) is -4.71. The Bertz CT molecular complexity index is 103. The molecule has 0 aromatic heterocycles. The summed E-state index contributed by atoms with van der Waals surface area (Å²) >= 11 is 0. The zero-order valence-corrected chi connectivity index (χ0v) is 5.86. The van der Waals surface area contributed by atoms with Gasteiger partial charge < -0.3 is 0 Å². The van der Waals surface area contributed by atoms with Gasteiger partial charge in [-0.15, -0.1) is 0 Å². The van der Waals surface area contributed by atoms with E-state index in [2.05, 4.69) is 0 Å². The molecular weight excluding hydrogens is 141 g/mol. The van der Waals surface area contributed by atoms with Crippen LogP contribution in [0.15, 0.2) is 0 Å². The summed E-state index contributed by atoms with van der Waals surface area (Å²) in [6.45, 7) is 1.74. The quantitative estimate of drug-likeness (QED) is 0.500. The van der Waals surface area contributed by atoms with Crippen LogP contribution in [0, 0.1) is 5.92 Å². The molecule has 0 aromatic rings. The average molecular weight is 152 g/mol. The first kappa shape index (κ1) is 7.89. The van der Waals surface area contributed by atoms with Gasteiger partial charge in [-0.05, 0) is 18.8 Å². The van der Waals surface area contributed by atoms with Crippen LogP contribution >= 0.6 is 0 Å². The lowest BCUT2D eigenvalue weighted by molar-refractivity contribution is 0.0222. The van der Waals surface area contributed by atoms with E-state index in [1.807, 2.05) is 0 Å². The smallest absolute Gasteiger partial charge is 0.162 e. The highest BCUT2D eigenvalue weighted by Gasteiger charge is 2.36. The Morgan fingerprint density at radius 3 is 1.80 bits per heavy atom. The topological polar surface area (TPSA) is 0 Å². The van der Waals surface area contributed by atoms with Crippen LogP contribution in [-0.2, 0) is 0 Å². The molecule has 0 N–H and O–H groups in total. The number of rotatable bonds is 0. The van der Waals surface area contributed by atoms with Gasteiger partial charge in [0.2, 0.25) is 0 Å². The third kappa shape index (κ3) is 1.44. The van der Waals surface area contributed by atoms with E-state index >= 15 is 0 Å². The van der Waals surface area contributed by atoms with Crippen molar-refractivity contribution in [1.29, 1.82) is 0 Å². The predicted octanol–water partition coefficient (Wildman–Crippen LogP) is 2.43. The summed E-state index contributed by atoms with van der Waals surface area (Å²) in [5.74, 6) is -0.0167. The minimum Gasteiger partial charge on any atom is -0.244 e. The number of hydrogen-bond donors (Lipinski definition) is 0. The van der Waals surface area contributed by atoms with E-state index < -0.39 is 18.5 Å². The molecule has 0 aromatic carbocycles. The Morgan fingerprint density at radius 1 is 1.00 bits per heavy atom. The fraction of sp³-hybridized carbons (Fsp3) is 1.00. The first-order valence-corrected chi connectivity index (χ1v) is 3.53. The van der Waals surface area contributed by atoms with Crippen LogP contribution in [0.3, 0.4) is 0 Å². The summed E-state index contributed by atoms with van der Waals surface area (Å²) < 4.78 is 37.3. The molecule has 0 aliphatic heterocycles. The van der Waals surface area contributed by atoms with Crippen molar-refractivity contribution < 1.29 is 13.2 Å². The maximum Gasteiger partial charge on any atom is 0.162 e. The SMILES string of the molecule is CC1CC(F)C(F)C(F)C1. The molecule has 10 heavy (non-hydrogen) atoms. The second kappa shape index (κ2) is 2.81. The van der Waals surface area contributed by atoms with E-state index in [-0.39, 0.29) is 18.8 Å². The van der Waals surface area contributed by atoms with Gasteiger partial charge in [-0.3, -0.25) is 0 Å². The molecule has 0 nitrogen and oxygen atoms in total. The lowest BCUT2D eigenvalue weighted by Gasteiger charge is -2.27. The van der Waals surface area contributed by atoms with Crippen molar-refractivity contribution in [2.24, 2.45) is 5.92 Å². The van der Waals surface area contributed by atoms with E-state index in [0.717, 1.165) is 0 Å². The van der Waals surface area contributed by atoms with Gasteiger partial charge in [-0.2, -0.15) is 0 Å². The zero-order valence-electron chi connectivity index (χ0n) is 5.86. The largest absolute Gasteiger partial charge is 0.244 e. The lowest BCUT2D eigenvalue weighted by atomic mass is 9.87. The molecule has 0 heterocycles. The molecule has 2 unspecified atom stereocenters. The summed E-state index contributed by atoms with van der Waals surface area (Å²) in [5.41, 5.74) is 0. The maximum absolute atomic E-state index is 12.5. The van der Waals surface area contributed by atoms with Crippen molar-refractivity contribution >= 4 is 0 Å². The van der Waals surface area contributed by atoms with Gasteiger partial charge in [0.15, 0.2) is 6.17 Å². The second-order valence-corrected chi connectivity index (χ2v) is 3.05. The zero-order chi connectivity index (χ0) is 7.72. The minimum atomic E-state index is -1.88. The summed E-state index contributed by atoms with van der Waals surface area (Å²) in [7, 11) is 0. The van der Waals surface area contributed by atoms with Crippen LogP contribution in [-0.4, -0.2) is 18.5 Å². The average Bonchev–Trinajstić information content (AvgIpc) is 1.82. The van der Waals surface area contributed by atoms with Gasteiger partial charge >= 0.3 is 0 Å². The van der Waals surface area contributed by atoms with Crippen LogP contribution in [0.1, 0.15) is 19.8 Å². The minimum absolute atomic E-state index is 0.0167. The van der Waals surface area contributed by atoms with Gasteiger partial charge in [-0.25, -0.2) is 13.2 Å². The number of hydrogen-bond acceptors (Lipinski definition) is 0. The molecule has 1 fully saturated rings.